The van der Waals surface area contributed by atoms with Gasteiger partial charge < -0.3 is 0 Å². The van der Waals surface area contributed by atoms with Crippen LogP contribution >= 0.6 is 35.0 Å². The van der Waals surface area contributed by atoms with Crippen LogP contribution in [0.5, 0.6) is 0 Å². The van der Waals surface area contributed by atoms with Crippen LogP contribution in [0.2, 0.25) is 10.0 Å². The predicted octanol–water partition coefficient (Wildman–Crippen LogP) is 4.21. The quantitative estimate of drug-likeness (QED) is 0.737. The van der Waals surface area contributed by atoms with E-state index >= 15 is 0 Å². The molecule has 0 amide bonds. The van der Waals surface area contributed by atoms with Crippen molar-refractivity contribution >= 4 is 45.0 Å². The van der Waals surface area contributed by atoms with Crippen LogP contribution in [0.25, 0.3) is 0 Å². The van der Waals surface area contributed by atoms with E-state index < -0.39 is 10.0 Å². The molecule has 2 rings (SSSR count). The first kappa shape index (κ1) is 17.6. The van der Waals surface area contributed by atoms with Gasteiger partial charge in [-0.05, 0) is 23.8 Å². The van der Waals surface area contributed by atoms with Crippen LogP contribution in [0.1, 0.15) is 5.56 Å². The van der Waals surface area contributed by atoms with Crippen molar-refractivity contribution in [2.24, 2.45) is 0 Å². The Labute approximate surface area is 145 Å². The molecule has 0 radical (unpaired) electrons. The first-order chi connectivity index (χ1) is 10.5. The maximum atomic E-state index is 12.1. The molecule has 0 aromatic heterocycles. The standard InChI is InChI=1S/C15H15Cl2NO2S2/c16-14-7-6-13(10-15(14)17)22(19,20)18-8-9-21-11-12-4-2-1-3-5-12/h1-7,10,18H,8-9,11H2. The number of thioether (sulfide) groups is 1. The number of nitrogens with one attached hydrogen (secondary N) is 1. The minimum absolute atomic E-state index is 0.120. The van der Waals surface area contributed by atoms with Gasteiger partial charge in [0.1, 0.15) is 0 Å². The van der Waals surface area contributed by atoms with Gasteiger partial charge in [-0.1, -0.05) is 53.5 Å². The Morgan fingerprint density at radius 3 is 2.41 bits per heavy atom. The van der Waals surface area contributed by atoms with Gasteiger partial charge in [0.2, 0.25) is 10.0 Å². The van der Waals surface area contributed by atoms with Gasteiger partial charge in [0.15, 0.2) is 0 Å². The highest BCUT2D eigenvalue weighted by atomic mass is 35.5. The predicted molar refractivity (Wildman–Crippen MR) is 94.3 cm³/mol. The molecule has 0 fully saturated rings. The van der Waals surface area contributed by atoms with Crippen molar-refractivity contribution in [1.82, 2.24) is 4.72 Å². The molecule has 0 heterocycles. The average molecular weight is 376 g/mol. The minimum atomic E-state index is -3.55. The molecular formula is C15H15Cl2NO2S2. The zero-order chi connectivity index (χ0) is 16.0. The third-order valence-electron chi connectivity index (χ3n) is 2.85. The summed E-state index contributed by atoms with van der Waals surface area (Å²) in [5.74, 6) is 1.55. The zero-order valence-electron chi connectivity index (χ0n) is 11.6. The van der Waals surface area contributed by atoms with E-state index in [1.54, 1.807) is 11.8 Å². The minimum Gasteiger partial charge on any atom is -0.210 e. The highest BCUT2D eigenvalue weighted by Gasteiger charge is 2.14. The fourth-order valence-corrected chi connectivity index (χ4v) is 4.11. The molecule has 2 aromatic carbocycles. The molecule has 0 saturated carbocycles. The summed E-state index contributed by atoms with van der Waals surface area (Å²) in [6.07, 6.45) is 0. The first-order valence-corrected chi connectivity index (χ1v) is 9.95. The lowest BCUT2D eigenvalue weighted by Crippen LogP contribution is -2.26. The lowest BCUT2D eigenvalue weighted by Gasteiger charge is -2.07. The van der Waals surface area contributed by atoms with Gasteiger partial charge in [-0.15, -0.1) is 0 Å². The molecule has 0 saturated heterocycles. The van der Waals surface area contributed by atoms with Crippen molar-refractivity contribution in [3.63, 3.8) is 0 Å². The Bertz CT molecular complexity index is 722. The molecule has 118 valence electrons. The van der Waals surface area contributed by atoms with Crippen LogP contribution in [0, 0.1) is 0 Å². The Hall–Kier alpha value is -0.720. The average Bonchev–Trinajstić information content (AvgIpc) is 2.50. The highest BCUT2D eigenvalue weighted by molar-refractivity contribution is 7.98. The summed E-state index contributed by atoms with van der Waals surface area (Å²) < 4.78 is 26.8. The van der Waals surface area contributed by atoms with Crippen LogP contribution in [-0.4, -0.2) is 20.7 Å². The number of sulfonamides is 1. The van der Waals surface area contributed by atoms with Crippen molar-refractivity contribution in [2.45, 2.75) is 10.6 Å². The third-order valence-corrected chi connectivity index (χ3v) is 6.08. The lowest BCUT2D eigenvalue weighted by atomic mass is 10.2. The van der Waals surface area contributed by atoms with Crippen molar-refractivity contribution in [3.8, 4) is 0 Å². The topological polar surface area (TPSA) is 46.2 Å². The molecule has 0 spiro atoms. The highest BCUT2D eigenvalue weighted by Crippen LogP contribution is 2.24. The van der Waals surface area contributed by atoms with Crippen molar-refractivity contribution in [3.05, 3.63) is 64.1 Å². The van der Waals surface area contributed by atoms with E-state index in [-0.39, 0.29) is 9.92 Å². The number of rotatable bonds is 7. The van der Waals surface area contributed by atoms with E-state index in [4.69, 9.17) is 23.2 Å². The SMILES string of the molecule is O=S(=O)(NCCSCc1ccccc1)c1ccc(Cl)c(Cl)c1. The van der Waals surface area contributed by atoms with E-state index in [1.165, 1.54) is 23.8 Å². The molecule has 0 unspecified atom stereocenters. The van der Waals surface area contributed by atoms with Gasteiger partial charge in [-0.3, -0.25) is 0 Å². The van der Waals surface area contributed by atoms with Crippen LogP contribution in [-0.2, 0) is 15.8 Å². The Morgan fingerprint density at radius 2 is 1.73 bits per heavy atom. The second-order valence-electron chi connectivity index (χ2n) is 4.51. The largest absolute Gasteiger partial charge is 0.240 e. The lowest BCUT2D eigenvalue weighted by molar-refractivity contribution is 0.584. The Balaban J connectivity index is 1.81. The molecule has 1 N–H and O–H groups in total. The summed E-state index contributed by atoms with van der Waals surface area (Å²) in [6.45, 7) is 0.361. The van der Waals surface area contributed by atoms with Crippen molar-refractivity contribution in [1.29, 1.82) is 0 Å². The van der Waals surface area contributed by atoms with Gasteiger partial charge in [0.05, 0.1) is 14.9 Å². The first-order valence-electron chi connectivity index (χ1n) is 6.55. The number of hydrogen-bond donors (Lipinski definition) is 1. The van der Waals surface area contributed by atoms with E-state index in [0.29, 0.717) is 17.3 Å². The Morgan fingerprint density at radius 1 is 1.00 bits per heavy atom. The molecular weight excluding hydrogens is 361 g/mol. The molecule has 0 aliphatic carbocycles. The second kappa shape index (κ2) is 8.22. The van der Waals surface area contributed by atoms with Crippen LogP contribution in [0.15, 0.2) is 53.4 Å². The molecule has 0 atom stereocenters. The number of halogens is 2. The third kappa shape index (κ3) is 5.18. The van der Waals surface area contributed by atoms with Crippen LogP contribution < -0.4 is 4.72 Å². The summed E-state index contributed by atoms with van der Waals surface area (Å²) in [5, 5.41) is 0.557. The van der Waals surface area contributed by atoms with E-state index in [1.807, 2.05) is 30.3 Å². The van der Waals surface area contributed by atoms with Gasteiger partial charge in [-0.2, -0.15) is 11.8 Å². The summed E-state index contributed by atoms with van der Waals surface area (Å²) in [6, 6.07) is 14.3. The monoisotopic (exact) mass is 375 g/mol. The molecule has 0 aliphatic rings. The number of hydrogen-bond acceptors (Lipinski definition) is 3. The normalized spacial score (nSPS) is 11.5. The van der Waals surface area contributed by atoms with Crippen LogP contribution in [0.4, 0.5) is 0 Å². The fourth-order valence-electron chi connectivity index (χ4n) is 1.74. The molecule has 0 aliphatic heterocycles. The zero-order valence-corrected chi connectivity index (χ0v) is 14.8. The maximum absolute atomic E-state index is 12.1. The van der Waals surface area contributed by atoms with Gasteiger partial charge in [0, 0.05) is 18.1 Å². The molecule has 3 nitrogen and oxygen atoms in total. The Kier molecular flexibility index (Phi) is 6.59. The van der Waals surface area contributed by atoms with E-state index in [9.17, 15) is 8.42 Å². The van der Waals surface area contributed by atoms with Gasteiger partial charge in [0.25, 0.3) is 0 Å². The van der Waals surface area contributed by atoms with Crippen molar-refractivity contribution in [2.75, 3.05) is 12.3 Å². The summed E-state index contributed by atoms with van der Waals surface area (Å²) in [7, 11) is -3.55. The van der Waals surface area contributed by atoms with E-state index in [0.717, 1.165) is 5.75 Å². The van der Waals surface area contributed by atoms with Crippen molar-refractivity contribution < 1.29 is 8.42 Å². The molecule has 0 bridgehead atoms. The summed E-state index contributed by atoms with van der Waals surface area (Å²) in [5.41, 5.74) is 1.22. The maximum Gasteiger partial charge on any atom is 0.240 e. The van der Waals surface area contributed by atoms with Gasteiger partial charge >= 0.3 is 0 Å². The second-order valence-corrected chi connectivity index (χ2v) is 8.20. The fraction of sp³-hybridized carbons (Fsp3) is 0.200. The summed E-state index contributed by atoms with van der Waals surface area (Å²) in [4.78, 5) is 0.120. The van der Waals surface area contributed by atoms with Crippen LogP contribution in [0.3, 0.4) is 0 Å². The molecule has 22 heavy (non-hydrogen) atoms. The van der Waals surface area contributed by atoms with E-state index in [2.05, 4.69) is 4.72 Å². The smallest absolute Gasteiger partial charge is 0.210 e. The molecule has 2 aromatic rings. The van der Waals surface area contributed by atoms with Gasteiger partial charge in [-0.25, -0.2) is 13.1 Å². The molecule has 7 heteroatoms. The number of benzene rings is 2. The summed E-state index contributed by atoms with van der Waals surface area (Å²) >= 11 is 13.3.